The highest BCUT2D eigenvalue weighted by Gasteiger charge is 2.23. The molecular formula is C20H26O3. The van der Waals surface area contributed by atoms with Crippen molar-refractivity contribution in [2.45, 2.75) is 39.9 Å². The van der Waals surface area contributed by atoms with Gasteiger partial charge in [0.15, 0.2) is 0 Å². The number of hydrogen-bond donors (Lipinski definition) is 2. The Morgan fingerprint density at radius 3 is 1.57 bits per heavy atom. The standard InChI is InChI=1S/C20H26O3/c1-13-7-5-8-14(2)18(13)20(23-12-17(22)11-21)19-15(3)9-6-10-16(19)4/h5-10,17,20-22H,11-12H2,1-4H3. The zero-order valence-corrected chi connectivity index (χ0v) is 14.3. The third-order valence-electron chi connectivity index (χ3n) is 4.27. The van der Waals surface area contributed by atoms with Crippen LogP contribution in [0.3, 0.4) is 0 Å². The Kier molecular flexibility index (Phi) is 5.94. The monoisotopic (exact) mass is 314 g/mol. The Bertz CT molecular complexity index is 572. The summed E-state index contributed by atoms with van der Waals surface area (Å²) in [4.78, 5) is 0. The minimum absolute atomic E-state index is 0.0999. The van der Waals surface area contributed by atoms with Crippen molar-refractivity contribution in [3.8, 4) is 0 Å². The molecular weight excluding hydrogens is 288 g/mol. The molecule has 3 heteroatoms. The molecule has 0 spiro atoms. The topological polar surface area (TPSA) is 49.7 Å². The van der Waals surface area contributed by atoms with Gasteiger partial charge in [0, 0.05) is 0 Å². The number of ether oxygens (including phenoxy) is 1. The highest BCUT2D eigenvalue weighted by atomic mass is 16.5. The molecule has 0 radical (unpaired) electrons. The smallest absolute Gasteiger partial charge is 0.109 e. The minimum atomic E-state index is -0.869. The van der Waals surface area contributed by atoms with Crippen LogP contribution in [0.2, 0.25) is 0 Å². The van der Waals surface area contributed by atoms with Crippen molar-refractivity contribution in [3.63, 3.8) is 0 Å². The second-order valence-electron chi connectivity index (χ2n) is 6.16. The predicted octanol–water partition coefficient (Wildman–Crippen LogP) is 3.38. The molecule has 23 heavy (non-hydrogen) atoms. The maximum atomic E-state index is 9.70. The van der Waals surface area contributed by atoms with Crippen molar-refractivity contribution in [3.05, 3.63) is 69.8 Å². The molecule has 0 saturated carbocycles. The molecule has 1 unspecified atom stereocenters. The molecule has 0 bridgehead atoms. The fraction of sp³-hybridized carbons (Fsp3) is 0.400. The van der Waals surface area contributed by atoms with Crippen LogP contribution in [0.4, 0.5) is 0 Å². The predicted molar refractivity (Wildman–Crippen MR) is 92.7 cm³/mol. The van der Waals surface area contributed by atoms with Gasteiger partial charge in [-0.2, -0.15) is 0 Å². The number of benzene rings is 2. The van der Waals surface area contributed by atoms with Crippen LogP contribution in [0.15, 0.2) is 36.4 Å². The van der Waals surface area contributed by atoms with E-state index >= 15 is 0 Å². The van der Waals surface area contributed by atoms with Gasteiger partial charge in [-0.05, 0) is 61.1 Å². The molecule has 2 rings (SSSR count). The van der Waals surface area contributed by atoms with E-state index in [1.807, 2.05) is 12.1 Å². The molecule has 1 atom stereocenters. The van der Waals surface area contributed by atoms with E-state index in [0.29, 0.717) is 0 Å². The van der Waals surface area contributed by atoms with E-state index in [4.69, 9.17) is 9.84 Å². The third kappa shape index (κ3) is 3.99. The number of hydrogen-bond acceptors (Lipinski definition) is 3. The second-order valence-corrected chi connectivity index (χ2v) is 6.16. The Hall–Kier alpha value is -1.68. The van der Waals surface area contributed by atoms with Crippen LogP contribution in [-0.4, -0.2) is 29.5 Å². The Morgan fingerprint density at radius 1 is 0.826 bits per heavy atom. The summed E-state index contributed by atoms with van der Waals surface area (Å²) in [6.45, 7) is 8.11. The van der Waals surface area contributed by atoms with Crippen LogP contribution in [0, 0.1) is 27.7 Å². The van der Waals surface area contributed by atoms with Crippen LogP contribution in [-0.2, 0) is 4.74 Å². The lowest BCUT2D eigenvalue weighted by atomic mass is 9.88. The average Bonchev–Trinajstić information content (AvgIpc) is 2.51. The van der Waals surface area contributed by atoms with E-state index in [9.17, 15) is 5.11 Å². The molecule has 2 aromatic carbocycles. The highest BCUT2D eigenvalue weighted by Crippen LogP contribution is 2.34. The summed E-state index contributed by atoms with van der Waals surface area (Å²) in [5, 5.41) is 18.8. The van der Waals surface area contributed by atoms with Gasteiger partial charge in [0.1, 0.15) is 12.2 Å². The second kappa shape index (κ2) is 7.73. The summed E-state index contributed by atoms with van der Waals surface area (Å²) in [7, 11) is 0. The molecule has 0 heterocycles. The molecule has 2 aromatic rings. The van der Waals surface area contributed by atoms with Gasteiger partial charge in [0.2, 0.25) is 0 Å². The van der Waals surface area contributed by atoms with Crippen molar-refractivity contribution >= 4 is 0 Å². The lowest BCUT2D eigenvalue weighted by Crippen LogP contribution is -2.23. The molecule has 0 saturated heterocycles. The lowest BCUT2D eigenvalue weighted by Gasteiger charge is -2.26. The molecule has 0 amide bonds. The highest BCUT2D eigenvalue weighted by molar-refractivity contribution is 5.46. The molecule has 0 aliphatic carbocycles. The average molecular weight is 314 g/mol. The van der Waals surface area contributed by atoms with Gasteiger partial charge < -0.3 is 14.9 Å². The first-order valence-electron chi connectivity index (χ1n) is 7.98. The largest absolute Gasteiger partial charge is 0.394 e. The molecule has 0 aliphatic heterocycles. The van der Waals surface area contributed by atoms with Gasteiger partial charge >= 0.3 is 0 Å². The van der Waals surface area contributed by atoms with Crippen molar-refractivity contribution in [2.75, 3.05) is 13.2 Å². The maximum absolute atomic E-state index is 9.70. The van der Waals surface area contributed by atoms with Gasteiger partial charge in [-0.1, -0.05) is 36.4 Å². The van der Waals surface area contributed by atoms with Crippen LogP contribution < -0.4 is 0 Å². The summed E-state index contributed by atoms with van der Waals surface area (Å²) < 4.78 is 6.08. The van der Waals surface area contributed by atoms with E-state index in [2.05, 4.69) is 52.0 Å². The van der Waals surface area contributed by atoms with Gasteiger partial charge in [0.25, 0.3) is 0 Å². The molecule has 3 nitrogen and oxygen atoms in total. The molecule has 2 N–H and O–H groups in total. The Morgan fingerprint density at radius 2 is 1.22 bits per heavy atom. The first-order chi connectivity index (χ1) is 11.0. The van der Waals surface area contributed by atoms with Crippen LogP contribution in [0.25, 0.3) is 0 Å². The molecule has 124 valence electrons. The van der Waals surface area contributed by atoms with Gasteiger partial charge in [-0.3, -0.25) is 0 Å². The van der Waals surface area contributed by atoms with Crippen molar-refractivity contribution in [1.29, 1.82) is 0 Å². The summed E-state index contributed by atoms with van der Waals surface area (Å²) in [5.74, 6) is 0. The van der Waals surface area contributed by atoms with E-state index in [0.717, 1.165) is 33.4 Å². The number of aliphatic hydroxyl groups is 2. The number of aryl methyl sites for hydroxylation is 4. The van der Waals surface area contributed by atoms with E-state index in [1.54, 1.807) is 0 Å². The van der Waals surface area contributed by atoms with Crippen molar-refractivity contribution in [1.82, 2.24) is 0 Å². The third-order valence-corrected chi connectivity index (χ3v) is 4.27. The van der Waals surface area contributed by atoms with E-state index in [1.165, 1.54) is 0 Å². The normalized spacial score (nSPS) is 12.7. The number of aliphatic hydroxyl groups excluding tert-OH is 2. The first-order valence-corrected chi connectivity index (χ1v) is 7.98. The summed E-state index contributed by atoms with van der Waals surface area (Å²) in [6.07, 6.45) is -1.12. The van der Waals surface area contributed by atoms with E-state index < -0.39 is 6.10 Å². The Balaban J connectivity index is 2.52. The first kappa shape index (κ1) is 17.7. The fourth-order valence-corrected chi connectivity index (χ4v) is 3.05. The molecule has 0 fully saturated rings. The summed E-state index contributed by atoms with van der Waals surface area (Å²) in [6, 6.07) is 12.4. The molecule has 0 aromatic heterocycles. The molecule has 0 aliphatic rings. The van der Waals surface area contributed by atoms with E-state index in [-0.39, 0.29) is 19.3 Å². The fourth-order valence-electron chi connectivity index (χ4n) is 3.05. The quantitative estimate of drug-likeness (QED) is 0.859. The summed E-state index contributed by atoms with van der Waals surface area (Å²) in [5.41, 5.74) is 6.92. The van der Waals surface area contributed by atoms with Crippen LogP contribution >= 0.6 is 0 Å². The summed E-state index contributed by atoms with van der Waals surface area (Å²) >= 11 is 0. The number of rotatable bonds is 6. The van der Waals surface area contributed by atoms with Gasteiger partial charge in [-0.25, -0.2) is 0 Å². The minimum Gasteiger partial charge on any atom is -0.394 e. The zero-order valence-electron chi connectivity index (χ0n) is 14.3. The SMILES string of the molecule is Cc1cccc(C)c1C(OCC(O)CO)c1c(C)cccc1C. The van der Waals surface area contributed by atoms with Gasteiger partial charge in [0.05, 0.1) is 13.2 Å². The van der Waals surface area contributed by atoms with Gasteiger partial charge in [-0.15, -0.1) is 0 Å². The van der Waals surface area contributed by atoms with Crippen LogP contribution in [0.5, 0.6) is 0 Å². The zero-order chi connectivity index (χ0) is 17.0. The maximum Gasteiger partial charge on any atom is 0.109 e. The van der Waals surface area contributed by atoms with Crippen molar-refractivity contribution in [2.24, 2.45) is 0 Å². The van der Waals surface area contributed by atoms with Crippen LogP contribution in [0.1, 0.15) is 39.5 Å². The van der Waals surface area contributed by atoms with Crippen molar-refractivity contribution < 1.29 is 14.9 Å². The Labute approximate surface area is 138 Å². The lowest BCUT2D eigenvalue weighted by molar-refractivity contribution is -0.0174.